The topological polar surface area (TPSA) is 67.6 Å². The maximum absolute atomic E-state index is 10.3. The fraction of sp³-hybridized carbons (Fsp3) is 0.900. The highest BCUT2D eigenvalue weighted by atomic mass is 16.5. The SMILES string of the molecule is NC(=O)COCCNCCN1CCCC1. The van der Waals surface area contributed by atoms with Crippen molar-refractivity contribution in [2.24, 2.45) is 5.73 Å². The summed E-state index contributed by atoms with van der Waals surface area (Å²) in [6.07, 6.45) is 2.67. The molecule has 88 valence electrons. The van der Waals surface area contributed by atoms with Gasteiger partial charge in [0.15, 0.2) is 0 Å². The van der Waals surface area contributed by atoms with Crippen LogP contribution < -0.4 is 11.1 Å². The lowest BCUT2D eigenvalue weighted by Crippen LogP contribution is -2.32. The molecule has 0 aliphatic carbocycles. The summed E-state index contributed by atoms with van der Waals surface area (Å²) in [7, 11) is 0. The third-order valence-electron chi connectivity index (χ3n) is 2.47. The molecule has 15 heavy (non-hydrogen) atoms. The Balaban J connectivity index is 1.78. The van der Waals surface area contributed by atoms with Crippen molar-refractivity contribution in [2.75, 3.05) is 45.9 Å². The van der Waals surface area contributed by atoms with Crippen molar-refractivity contribution in [1.82, 2.24) is 10.2 Å². The van der Waals surface area contributed by atoms with Crippen LogP contribution in [0.15, 0.2) is 0 Å². The quantitative estimate of drug-likeness (QED) is 0.519. The highest BCUT2D eigenvalue weighted by molar-refractivity contribution is 5.74. The fourth-order valence-corrected chi connectivity index (χ4v) is 1.69. The van der Waals surface area contributed by atoms with Crippen LogP contribution in [0.5, 0.6) is 0 Å². The summed E-state index contributed by atoms with van der Waals surface area (Å²) in [6, 6.07) is 0. The number of amides is 1. The minimum Gasteiger partial charge on any atom is -0.370 e. The molecule has 0 aromatic carbocycles. The van der Waals surface area contributed by atoms with Crippen LogP contribution in [0.4, 0.5) is 0 Å². The van der Waals surface area contributed by atoms with Gasteiger partial charge < -0.3 is 20.7 Å². The van der Waals surface area contributed by atoms with Gasteiger partial charge in [0.1, 0.15) is 6.61 Å². The largest absolute Gasteiger partial charge is 0.370 e. The number of nitrogens with zero attached hydrogens (tertiary/aromatic N) is 1. The van der Waals surface area contributed by atoms with E-state index >= 15 is 0 Å². The monoisotopic (exact) mass is 215 g/mol. The number of nitrogens with one attached hydrogen (secondary N) is 1. The first-order valence-electron chi connectivity index (χ1n) is 5.58. The molecule has 3 N–H and O–H groups in total. The Labute approximate surface area is 90.9 Å². The van der Waals surface area contributed by atoms with Crippen molar-refractivity contribution >= 4 is 5.91 Å². The number of carbonyl (C=O) groups excluding carboxylic acids is 1. The molecule has 0 aromatic rings. The third kappa shape index (κ3) is 6.43. The van der Waals surface area contributed by atoms with Gasteiger partial charge in [0.05, 0.1) is 6.61 Å². The van der Waals surface area contributed by atoms with Crippen LogP contribution in [-0.4, -0.2) is 56.7 Å². The first-order valence-corrected chi connectivity index (χ1v) is 5.58. The van der Waals surface area contributed by atoms with Crippen LogP contribution >= 0.6 is 0 Å². The van der Waals surface area contributed by atoms with Gasteiger partial charge in [-0.25, -0.2) is 0 Å². The van der Waals surface area contributed by atoms with Crippen molar-refractivity contribution in [3.05, 3.63) is 0 Å². The number of primary amides is 1. The lowest BCUT2D eigenvalue weighted by Gasteiger charge is -2.14. The zero-order valence-electron chi connectivity index (χ0n) is 9.21. The number of carbonyl (C=O) groups is 1. The number of rotatable bonds is 8. The molecule has 0 aromatic heterocycles. The second kappa shape index (κ2) is 7.62. The minimum atomic E-state index is -0.410. The van der Waals surface area contributed by atoms with Crippen LogP contribution in [0.3, 0.4) is 0 Å². The molecule has 0 radical (unpaired) electrons. The molecule has 1 heterocycles. The molecule has 5 nitrogen and oxygen atoms in total. The average Bonchev–Trinajstić information content (AvgIpc) is 2.68. The van der Waals surface area contributed by atoms with Gasteiger partial charge >= 0.3 is 0 Å². The van der Waals surface area contributed by atoms with Gasteiger partial charge in [0.25, 0.3) is 0 Å². The van der Waals surface area contributed by atoms with Gasteiger partial charge in [-0.1, -0.05) is 0 Å². The second-order valence-corrected chi connectivity index (χ2v) is 3.82. The van der Waals surface area contributed by atoms with Gasteiger partial charge in [0, 0.05) is 19.6 Å². The summed E-state index contributed by atoms with van der Waals surface area (Å²) in [5.74, 6) is -0.410. The van der Waals surface area contributed by atoms with E-state index in [0.29, 0.717) is 6.61 Å². The number of likely N-dealkylation sites (tertiary alicyclic amines) is 1. The van der Waals surface area contributed by atoms with Crippen molar-refractivity contribution in [3.63, 3.8) is 0 Å². The summed E-state index contributed by atoms with van der Waals surface area (Å²) in [5, 5.41) is 3.27. The van der Waals surface area contributed by atoms with Gasteiger partial charge in [0.2, 0.25) is 5.91 Å². The highest BCUT2D eigenvalue weighted by Crippen LogP contribution is 2.05. The van der Waals surface area contributed by atoms with E-state index in [4.69, 9.17) is 10.5 Å². The highest BCUT2D eigenvalue weighted by Gasteiger charge is 2.09. The van der Waals surface area contributed by atoms with Crippen molar-refractivity contribution < 1.29 is 9.53 Å². The molecule has 0 unspecified atom stereocenters. The van der Waals surface area contributed by atoms with E-state index in [9.17, 15) is 4.79 Å². The molecular weight excluding hydrogens is 194 g/mol. The summed E-state index contributed by atoms with van der Waals surface area (Å²) in [6.45, 7) is 5.91. The Morgan fingerprint density at radius 2 is 2.07 bits per heavy atom. The summed E-state index contributed by atoms with van der Waals surface area (Å²) < 4.78 is 5.02. The molecule has 1 fully saturated rings. The Morgan fingerprint density at radius 3 is 2.73 bits per heavy atom. The van der Waals surface area contributed by atoms with E-state index < -0.39 is 5.91 Å². The fourth-order valence-electron chi connectivity index (χ4n) is 1.69. The normalized spacial score (nSPS) is 17.1. The molecule has 0 spiro atoms. The van der Waals surface area contributed by atoms with E-state index in [1.807, 2.05) is 0 Å². The zero-order valence-corrected chi connectivity index (χ0v) is 9.21. The minimum absolute atomic E-state index is 0.0216. The van der Waals surface area contributed by atoms with E-state index in [1.165, 1.54) is 25.9 Å². The molecule has 0 bridgehead atoms. The summed E-state index contributed by atoms with van der Waals surface area (Å²) in [4.78, 5) is 12.8. The molecule has 1 aliphatic rings. The molecule has 1 amide bonds. The van der Waals surface area contributed by atoms with Crippen LogP contribution in [0, 0.1) is 0 Å². The predicted molar refractivity (Wildman–Crippen MR) is 58.6 cm³/mol. The number of hydrogen-bond donors (Lipinski definition) is 2. The van der Waals surface area contributed by atoms with E-state index in [0.717, 1.165) is 19.6 Å². The first kappa shape index (κ1) is 12.4. The maximum atomic E-state index is 10.3. The second-order valence-electron chi connectivity index (χ2n) is 3.82. The standard InChI is InChI=1S/C10H21N3O2/c11-10(14)9-15-8-4-12-3-7-13-5-1-2-6-13/h12H,1-9H2,(H2,11,14). The van der Waals surface area contributed by atoms with Crippen LogP contribution in [0.1, 0.15) is 12.8 Å². The number of ether oxygens (including phenoxy) is 1. The van der Waals surface area contributed by atoms with Crippen molar-refractivity contribution in [1.29, 1.82) is 0 Å². The predicted octanol–water partition coefficient (Wildman–Crippen LogP) is -0.826. The van der Waals surface area contributed by atoms with Gasteiger partial charge in [-0.15, -0.1) is 0 Å². The first-order chi connectivity index (χ1) is 7.29. The van der Waals surface area contributed by atoms with Crippen LogP contribution in [-0.2, 0) is 9.53 Å². The summed E-state index contributed by atoms with van der Waals surface area (Å²) in [5.41, 5.74) is 4.93. The Bertz CT molecular complexity index is 182. The number of nitrogens with two attached hydrogens (primary N) is 1. The van der Waals surface area contributed by atoms with Gasteiger partial charge in [-0.3, -0.25) is 4.79 Å². The number of hydrogen-bond acceptors (Lipinski definition) is 4. The molecule has 1 aliphatic heterocycles. The van der Waals surface area contributed by atoms with E-state index in [-0.39, 0.29) is 6.61 Å². The molecule has 1 rings (SSSR count). The molecule has 5 heteroatoms. The average molecular weight is 215 g/mol. The van der Waals surface area contributed by atoms with Gasteiger partial charge in [-0.2, -0.15) is 0 Å². The smallest absolute Gasteiger partial charge is 0.243 e. The molecule has 1 saturated heterocycles. The molecule has 0 atom stereocenters. The zero-order chi connectivity index (χ0) is 10.9. The summed E-state index contributed by atoms with van der Waals surface area (Å²) >= 11 is 0. The van der Waals surface area contributed by atoms with Crippen molar-refractivity contribution in [2.45, 2.75) is 12.8 Å². The Hall–Kier alpha value is -0.650. The Kier molecular flexibility index (Phi) is 6.31. The lowest BCUT2D eigenvalue weighted by molar-refractivity contribution is -0.122. The third-order valence-corrected chi connectivity index (χ3v) is 2.47. The van der Waals surface area contributed by atoms with Crippen LogP contribution in [0.2, 0.25) is 0 Å². The molecule has 0 saturated carbocycles. The lowest BCUT2D eigenvalue weighted by atomic mass is 10.4. The van der Waals surface area contributed by atoms with E-state index in [1.54, 1.807) is 0 Å². The van der Waals surface area contributed by atoms with Gasteiger partial charge in [-0.05, 0) is 25.9 Å². The van der Waals surface area contributed by atoms with E-state index in [2.05, 4.69) is 10.2 Å². The maximum Gasteiger partial charge on any atom is 0.243 e. The van der Waals surface area contributed by atoms with Crippen LogP contribution in [0.25, 0.3) is 0 Å². The van der Waals surface area contributed by atoms with Crippen molar-refractivity contribution in [3.8, 4) is 0 Å². The Morgan fingerprint density at radius 1 is 1.33 bits per heavy atom. The molecular formula is C10H21N3O2.